The van der Waals surface area contributed by atoms with Gasteiger partial charge in [0.05, 0.1) is 0 Å². The Hall–Kier alpha value is -3.41. The predicted molar refractivity (Wildman–Crippen MR) is 104 cm³/mol. The first-order valence-electron chi connectivity index (χ1n) is 9.10. The van der Waals surface area contributed by atoms with Crippen molar-refractivity contribution in [3.63, 3.8) is 0 Å². The van der Waals surface area contributed by atoms with E-state index >= 15 is 0 Å². The summed E-state index contributed by atoms with van der Waals surface area (Å²) < 4.78 is 10.3. The Morgan fingerprint density at radius 2 is 1.79 bits per heavy atom. The van der Waals surface area contributed by atoms with Crippen LogP contribution in [0.5, 0.6) is 0 Å². The summed E-state index contributed by atoms with van der Waals surface area (Å²) in [5, 5.41) is 2.89. The van der Waals surface area contributed by atoms with E-state index in [-0.39, 0.29) is 23.8 Å². The van der Waals surface area contributed by atoms with Crippen LogP contribution in [0.2, 0.25) is 0 Å². The highest BCUT2D eigenvalue weighted by atomic mass is 16.5. The molecule has 1 aliphatic rings. The van der Waals surface area contributed by atoms with E-state index in [2.05, 4.69) is 12.2 Å². The fraction of sp³-hybridized carbons (Fsp3) is 0.227. The summed E-state index contributed by atoms with van der Waals surface area (Å²) in [5.74, 6) is -1.66. The van der Waals surface area contributed by atoms with Crippen molar-refractivity contribution in [2.45, 2.75) is 19.8 Å². The number of esters is 1. The second-order valence-electron chi connectivity index (χ2n) is 6.35. The summed E-state index contributed by atoms with van der Waals surface area (Å²) in [6.45, 7) is 1.40. The maximum absolute atomic E-state index is 12.4. The monoisotopic (exact) mass is 379 g/mol. The van der Waals surface area contributed by atoms with E-state index in [4.69, 9.17) is 9.47 Å². The van der Waals surface area contributed by atoms with Crippen molar-refractivity contribution in [2.75, 3.05) is 18.5 Å². The van der Waals surface area contributed by atoms with Gasteiger partial charge in [-0.05, 0) is 24.1 Å². The molecule has 1 heterocycles. The molecule has 0 atom stereocenters. The molecule has 0 bridgehead atoms. The summed E-state index contributed by atoms with van der Waals surface area (Å²) in [7, 11) is 0. The summed E-state index contributed by atoms with van der Waals surface area (Å²) >= 11 is 0. The topological polar surface area (TPSA) is 81.7 Å². The smallest absolute Gasteiger partial charge is 0.347 e. The van der Waals surface area contributed by atoms with Gasteiger partial charge >= 0.3 is 5.97 Å². The number of ketones is 2. The van der Waals surface area contributed by atoms with Gasteiger partial charge in [0.1, 0.15) is 0 Å². The second kappa shape index (κ2) is 8.99. The van der Waals surface area contributed by atoms with Gasteiger partial charge in [0, 0.05) is 11.3 Å². The minimum atomic E-state index is -0.878. The number of hydrogen-bond donors (Lipinski definition) is 1. The number of rotatable bonds is 8. The maximum atomic E-state index is 12.4. The molecule has 144 valence electrons. The zero-order chi connectivity index (χ0) is 19.9. The van der Waals surface area contributed by atoms with Crippen molar-refractivity contribution >= 4 is 23.2 Å². The number of carbonyl (C=O) groups is 3. The zero-order valence-corrected chi connectivity index (χ0v) is 15.6. The van der Waals surface area contributed by atoms with Gasteiger partial charge < -0.3 is 14.8 Å². The molecule has 6 nitrogen and oxygen atoms in total. The summed E-state index contributed by atoms with van der Waals surface area (Å²) in [4.78, 5) is 36.6. The first-order valence-corrected chi connectivity index (χ1v) is 9.10. The average Bonchev–Trinajstić information content (AvgIpc) is 3.07. The highest BCUT2D eigenvalue weighted by molar-refractivity contribution is 6.20. The van der Waals surface area contributed by atoms with Crippen LogP contribution in [0.15, 0.2) is 66.1 Å². The second-order valence-corrected chi connectivity index (χ2v) is 6.35. The van der Waals surface area contributed by atoms with E-state index in [9.17, 15) is 14.4 Å². The quantitative estimate of drug-likeness (QED) is 0.431. The average molecular weight is 379 g/mol. The fourth-order valence-corrected chi connectivity index (χ4v) is 2.80. The van der Waals surface area contributed by atoms with Gasteiger partial charge in [-0.3, -0.25) is 9.59 Å². The van der Waals surface area contributed by atoms with Crippen LogP contribution in [0.4, 0.5) is 5.69 Å². The van der Waals surface area contributed by atoms with E-state index < -0.39 is 18.4 Å². The Bertz CT molecular complexity index is 900. The molecule has 0 fully saturated rings. The van der Waals surface area contributed by atoms with Crippen molar-refractivity contribution in [2.24, 2.45) is 0 Å². The van der Waals surface area contributed by atoms with Crippen molar-refractivity contribution < 1.29 is 23.9 Å². The molecule has 1 N–H and O–H groups in total. The molecule has 0 aliphatic carbocycles. The Morgan fingerprint density at radius 3 is 2.46 bits per heavy atom. The van der Waals surface area contributed by atoms with Gasteiger partial charge in [-0.2, -0.15) is 0 Å². The molecule has 2 aromatic carbocycles. The lowest BCUT2D eigenvalue weighted by Gasteiger charge is -2.09. The minimum absolute atomic E-state index is 0.0394. The lowest BCUT2D eigenvalue weighted by atomic mass is 10.1. The molecule has 0 amide bonds. The molecule has 28 heavy (non-hydrogen) atoms. The largest absolute Gasteiger partial charge is 0.470 e. The highest BCUT2D eigenvalue weighted by Gasteiger charge is 2.32. The number of carbonyl (C=O) groups excluding carboxylic acids is 3. The van der Waals surface area contributed by atoms with E-state index in [1.165, 1.54) is 0 Å². The van der Waals surface area contributed by atoms with Crippen LogP contribution in [0.3, 0.4) is 0 Å². The molecule has 0 radical (unpaired) electrons. The lowest BCUT2D eigenvalue weighted by Crippen LogP contribution is -2.20. The van der Waals surface area contributed by atoms with Gasteiger partial charge in [0.15, 0.2) is 24.6 Å². The third-order valence-electron chi connectivity index (χ3n) is 4.24. The number of nitrogens with one attached hydrogen (secondary N) is 1. The van der Waals surface area contributed by atoms with Crippen LogP contribution in [-0.2, 0) is 25.5 Å². The fourth-order valence-electron chi connectivity index (χ4n) is 2.80. The Labute approximate surface area is 163 Å². The van der Waals surface area contributed by atoms with Crippen LogP contribution in [-0.4, -0.2) is 30.7 Å². The maximum Gasteiger partial charge on any atom is 0.347 e. The zero-order valence-electron chi connectivity index (χ0n) is 15.6. The molecular weight excluding hydrogens is 358 g/mol. The van der Waals surface area contributed by atoms with Crippen LogP contribution in [0, 0.1) is 0 Å². The third kappa shape index (κ3) is 4.65. The number of anilines is 1. The Balaban J connectivity index is 1.64. The first-order chi connectivity index (χ1) is 13.6. The molecular formula is C22H21NO5. The SMILES string of the molecule is CCCc1ccc(C(=O)COC(=O)C2=C(Nc3ccccc3)OCC2=O)cc1. The van der Waals surface area contributed by atoms with Gasteiger partial charge in [-0.1, -0.05) is 55.8 Å². The van der Waals surface area contributed by atoms with Crippen molar-refractivity contribution in [1.82, 2.24) is 0 Å². The van der Waals surface area contributed by atoms with Crippen LogP contribution in [0.1, 0.15) is 29.3 Å². The number of benzene rings is 2. The molecule has 0 saturated heterocycles. The molecule has 3 rings (SSSR count). The standard InChI is InChI=1S/C22H21NO5/c1-2-6-15-9-11-16(12-10-15)18(24)13-28-22(26)20-19(25)14-27-21(20)23-17-7-4-3-5-8-17/h3-5,7-12,23H,2,6,13-14H2,1H3. The van der Waals surface area contributed by atoms with E-state index in [0.717, 1.165) is 18.4 Å². The van der Waals surface area contributed by atoms with Crippen LogP contribution >= 0.6 is 0 Å². The number of ether oxygens (including phenoxy) is 2. The Kier molecular flexibility index (Phi) is 6.22. The summed E-state index contributed by atoms with van der Waals surface area (Å²) in [6.07, 6.45) is 1.96. The predicted octanol–water partition coefficient (Wildman–Crippen LogP) is 3.29. The first kappa shape index (κ1) is 19.4. The number of para-hydroxylation sites is 1. The van der Waals surface area contributed by atoms with Gasteiger partial charge in [-0.15, -0.1) is 0 Å². The number of hydrogen-bond acceptors (Lipinski definition) is 6. The Morgan fingerprint density at radius 1 is 1.07 bits per heavy atom. The number of aryl methyl sites for hydroxylation is 1. The minimum Gasteiger partial charge on any atom is -0.470 e. The molecule has 0 spiro atoms. The third-order valence-corrected chi connectivity index (χ3v) is 4.24. The van der Waals surface area contributed by atoms with Crippen molar-refractivity contribution in [3.8, 4) is 0 Å². The molecule has 0 unspecified atom stereocenters. The van der Waals surface area contributed by atoms with Gasteiger partial charge in [0.25, 0.3) is 0 Å². The summed E-state index contributed by atoms with van der Waals surface area (Å²) in [6, 6.07) is 16.2. The van der Waals surface area contributed by atoms with E-state index in [1.54, 1.807) is 24.3 Å². The highest BCUT2D eigenvalue weighted by Crippen LogP contribution is 2.20. The number of Topliss-reactive ketones (excluding diaryl/α,β-unsaturated/α-hetero) is 2. The van der Waals surface area contributed by atoms with Crippen molar-refractivity contribution in [1.29, 1.82) is 0 Å². The molecule has 0 saturated carbocycles. The molecule has 1 aliphatic heterocycles. The molecule has 6 heteroatoms. The lowest BCUT2D eigenvalue weighted by molar-refractivity contribution is -0.139. The molecule has 2 aromatic rings. The summed E-state index contributed by atoms with van der Waals surface area (Å²) in [5.41, 5.74) is 2.06. The van der Waals surface area contributed by atoms with Crippen LogP contribution in [0.25, 0.3) is 0 Å². The van der Waals surface area contributed by atoms with Crippen LogP contribution < -0.4 is 5.32 Å². The molecule has 0 aromatic heterocycles. The van der Waals surface area contributed by atoms with Gasteiger partial charge in [-0.25, -0.2) is 4.79 Å². The normalized spacial score (nSPS) is 13.2. The van der Waals surface area contributed by atoms with E-state index in [1.807, 2.05) is 30.3 Å². The van der Waals surface area contributed by atoms with E-state index in [0.29, 0.717) is 11.3 Å². The van der Waals surface area contributed by atoms with Crippen molar-refractivity contribution in [3.05, 3.63) is 77.2 Å². The van der Waals surface area contributed by atoms with Gasteiger partial charge in [0.2, 0.25) is 11.7 Å².